The first kappa shape index (κ1) is 15.5. The fourth-order valence-corrected chi connectivity index (χ4v) is 1.49. The summed E-state index contributed by atoms with van der Waals surface area (Å²) >= 11 is 5.66. The van der Waals surface area contributed by atoms with E-state index >= 15 is 0 Å². The topological polar surface area (TPSA) is 29.5 Å². The van der Waals surface area contributed by atoms with E-state index in [4.69, 9.17) is 16.3 Å². The quantitative estimate of drug-likeness (QED) is 0.819. The van der Waals surface area contributed by atoms with E-state index in [1.165, 1.54) is 4.90 Å². The predicted octanol–water partition coefficient (Wildman–Crippen LogP) is 4.48. The van der Waals surface area contributed by atoms with Crippen molar-refractivity contribution in [3.8, 4) is 0 Å². The maximum atomic E-state index is 12.4. The lowest BCUT2D eigenvalue weighted by Gasteiger charge is -2.27. The lowest BCUT2D eigenvalue weighted by Crippen LogP contribution is -2.37. The number of para-hydroxylation sites is 1. The van der Waals surface area contributed by atoms with Crippen LogP contribution in [-0.2, 0) is 4.74 Å². The van der Waals surface area contributed by atoms with E-state index in [2.05, 4.69) is 0 Å². The number of nitrogens with zero attached hydrogens (tertiary/aromatic N) is 1. The lowest BCUT2D eigenvalue weighted by atomic mass is 10.2. The summed E-state index contributed by atoms with van der Waals surface area (Å²) in [6, 6.07) is 8.83. The molecule has 0 saturated carbocycles. The molecular weight excluding hydrogens is 269 g/mol. The highest BCUT2D eigenvalue weighted by Crippen LogP contribution is 2.20. The molecule has 104 valence electrons. The number of rotatable bonds is 3. The van der Waals surface area contributed by atoms with Crippen molar-refractivity contribution in [2.75, 3.05) is 11.4 Å². The van der Waals surface area contributed by atoms with Crippen LogP contribution in [0.2, 0.25) is 0 Å². The van der Waals surface area contributed by atoms with E-state index in [-0.39, 0.29) is 17.9 Å². The molecule has 0 atom stereocenters. The van der Waals surface area contributed by atoms with Gasteiger partial charge in [-0.3, -0.25) is 4.90 Å². The first-order valence-electron chi connectivity index (χ1n) is 5.84. The van der Waals surface area contributed by atoms with Gasteiger partial charge in [0.05, 0.1) is 11.6 Å². The molecule has 1 aromatic carbocycles. The van der Waals surface area contributed by atoms with E-state index < -0.39 is 11.7 Å². The molecule has 0 aliphatic rings. The number of carbonyl (C=O) groups excluding carboxylic acids is 1. The summed E-state index contributed by atoms with van der Waals surface area (Å²) in [5.41, 5.74) is -0.0347. The van der Waals surface area contributed by atoms with Crippen LogP contribution in [0.15, 0.2) is 41.7 Å². The van der Waals surface area contributed by atoms with Crippen molar-refractivity contribution < 1.29 is 13.9 Å². The molecule has 0 heterocycles. The number of halogens is 2. The maximum absolute atomic E-state index is 12.4. The molecular formula is C14H17ClFNO2. The van der Waals surface area contributed by atoms with E-state index in [0.717, 1.165) is 0 Å². The SMILES string of the molecule is CC(C)(C)OC(=O)N(CC(Cl)=CF)c1ccccc1. The van der Waals surface area contributed by atoms with Crippen LogP contribution in [0.5, 0.6) is 0 Å². The predicted molar refractivity (Wildman–Crippen MR) is 75.1 cm³/mol. The summed E-state index contributed by atoms with van der Waals surface area (Å²) < 4.78 is 17.7. The maximum Gasteiger partial charge on any atom is 0.415 e. The van der Waals surface area contributed by atoms with Crippen LogP contribution in [0.25, 0.3) is 0 Å². The van der Waals surface area contributed by atoms with Crippen LogP contribution < -0.4 is 4.90 Å². The average Bonchev–Trinajstić information content (AvgIpc) is 2.34. The molecule has 5 heteroatoms. The molecule has 19 heavy (non-hydrogen) atoms. The summed E-state index contributed by atoms with van der Waals surface area (Å²) in [5.74, 6) is 0. The van der Waals surface area contributed by atoms with Crippen LogP contribution >= 0.6 is 11.6 Å². The highest BCUT2D eigenvalue weighted by molar-refractivity contribution is 6.30. The fraction of sp³-hybridized carbons (Fsp3) is 0.357. The van der Waals surface area contributed by atoms with E-state index in [0.29, 0.717) is 5.69 Å². The third-order valence-electron chi connectivity index (χ3n) is 2.11. The zero-order valence-corrected chi connectivity index (χ0v) is 11.9. The lowest BCUT2D eigenvalue weighted by molar-refractivity contribution is 0.0584. The molecule has 0 N–H and O–H groups in total. The molecule has 0 radical (unpaired) electrons. The summed E-state index contributed by atoms with van der Waals surface area (Å²) in [4.78, 5) is 13.4. The number of ether oxygens (including phenoxy) is 1. The molecule has 0 bridgehead atoms. The molecule has 0 saturated heterocycles. The van der Waals surface area contributed by atoms with Crippen molar-refractivity contribution in [2.24, 2.45) is 0 Å². The zero-order valence-electron chi connectivity index (χ0n) is 11.2. The Hall–Kier alpha value is -1.55. The largest absolute Gasteiger partial charge is 0.443 e. The molecule has 0 aliphatic carbocycles. The standard InChI is InChI=1S/C14H17ClFNO2/c1-14(2,3)19-13(18)17(10-11(15)9-16)12-7-5-4-6-8-12/h4-9H,10H2,1-3H3. The van der Waals surface area contributed by atoms with Gasteiger partial charge in [-0.15, -0.1) is 0 Å². The first-order chi connectivity index (χ1) is 8.83. The minimum atomic E-state index is -0.629. The third kappa shape index (κ3) is 5.30. The average molecular weight is 286 g/mol. The number of hydrogen-bond acceptors (Lipinski definition) is 2. The Bertz CT molecular complexity index is 454. The smallest absolute Gasteiger partial charge is 0.415 e. The summed E-state index contributed by atoms with van der Waals surface area (Å²) in [6.07, 6.45) is -0.305. The van der Waals surface area contributed by atoms with Crippen molar-refractivity contribution in [3.05, 3.63) is 41.7 Å². The number of amides is 1. The molecule has 1 rings (SSSR count). The number of carbonyl (C=O) groups is 1. The van der Waals surface area contributed by atoms with Crippen molar-refractivity contribution >= 4 is 23.4 Å². The molecule has 1 aromatic rings. The van der Waals surface area contributed by atoms with Crippen molar-refractivity contribution in [1.29, 1.82) is 0 Å². The molecule has 0 unspecified atom stereocenters. The Labute approximate surface area is 117 Å². The van der Waals surface area contributed by atoms with Gasteiger partial charge in [0.15, 0.2) is 0 Å². The van der Waals surface area contributed by atoms with Crippen LogP contribution in [-0.4, -0.2) is 18.2 Å². The van der Waals surface area contributed by atoms with Crippen LogP contribution in [0.3, 0.4) is 0 Å². The van der Waals surface area contributed by atoms with Crippen LogP contribution in [0, 0.1) is 0 Å². The van der Waals surface area contributed by atoms with E-state index in [1.807, 2.05) is 6.07 Å². The zero-order chi connectivity index (χ0) is 14.5. The van der Waals surface area contributed by atoms with Gasteiger partial charge in [0.25, 0.3) is 0 Å². The van der Waals surface area contributed by atoms with Crippen LogP contribution in [0.1, 0.15) is 20.8 Å². The molecule has 0 spiro atoms. The van der Waals surface area contributed by atoms with E-state index in [1.54, 1.807) is 45.0 Å². The number of hydrogen-bond donors (Lipinski definition) is 0. The van der Waals surface area contributed by atoms with Crippen molar-refractivity contribution in [1.82, 2.24) is 0 Å². The molecule has 0 aromatic heterocycles. The normalized spacial score (nSPS) is 12.2. The van der Waals surface area contributed by atoms with Gasteiger partial charge in [0.1, 0.15) is 11.9 Å². The monoisotopic (exact) mass is 285 g/mol. The second-order valence-electron chi connectivity index (χ2n) is 4.96. The summed E-state index contributed by atoms with van der Waals surface area (Å²) in [6.45, 7) is 5.22. The molecule has 0 aliphatic heterocycles. The van der Waals surface area contributed by atoms with Gasteiger partial charge in [0.2, 0.25) is 0 Å². The third-order valence-corrected chi connectivity index (χ3v) is 2.31. The first-order valence-corrected chi connectivity index (χ1v) is 6.21. The minimum Gasteiger partial charge on any atom is -0.443 e. The molecule has 0 fully saturated rings. The second kappa shape index (κ2) is 6.57. The molecule has 1 amide bonds. The highest BCUT2D eigenvalue weighted by Gasteiger charge is 2.23. The van der Waals surface area contributed by atoms with Gasteiger partial charge in [-0.1, -0.05) is 29.8 Å². The highest BCUT2D eigenvalue weighted by atomic mass is 35.5. The Morgan fingerprint density at radius 2 is 1.95 bits per heavy atom. The Morgan fingerprint density at radius 3 is 2.42 bits per heavy atom. The van der Waals surface area contributed by atoms with Gasteiger partial charge < -0.3 is 4.74 Å². The number of anilines is 1. The van der Waals surface area contributed by atoms with E-state index in [9.17, 15) is 9.18 Å². The Morgan fingerprint density at radius 1 is 1.37 bits per heavy atom. The van der Waals surface area contributed by atoms with Gasteiger partial charge in [-0.2, -0.15) is 0 Å². The Kier molecular flexibility index (Phi) is 5.36. The summed E-state index contributed by atoms with van der Waals surface area (Å²) in [5, 5.41) is -0.0743. The van der Waals surface area contributed by atoms with Crippen molar-refractivity contribution in [3.63, 3.8) is 0 Å². The van der Waals surface area contributed by atoms with Gasteiger partial charge in [0, 0.05) is 5.69 Å². The number of benzene rings is 1. The van der Waals surface area contributed by atoms with Crippen molar-refractivity contribution in [2.45, 2.75) is 26.4 Å². The van der Waals surface area contributed by atoms with Gasteiger partial charge >= 0.3 is 6.09 Å². The van der Waals surface area contributed by atoms with Gasteiger partial charge in [-0.25, -0.2) is 9.18 Å². The molecule has 3 nitrogen and oxygen atoms in total. The van der Waals surface area contributed by atoms with Crippen LogP contribution in [0.4, 0.5) is 14.9 Å². The summed E-state index contributed by atoms with van der Waals surface area (Å²) in [7, 11) is 0. The minimum absolute atomic E-state index is 0.0724. The van der Waals surface area contributed by atoms with Gasteiger partial charge in [-0.05, 0) is 32.9 Å². The second-order valence-corrected chi connectivity index (χ2v) is 5.44. The Balaban J connectivity index is 2.96. The fourth-order valence-electron chi connectivity index (χ4n) is 1.37.